The molecular weight excluding hydrogens is 349 g/mol. The van der Waals surface area contributed by atoms with Gasteiger partial charge in [-0.2, -0.15) is 0 Å². The lowest BCUT2D eigenvalue weighted by Gasteiger charge is -2.38. The Kier molecular flexibility index (Phi) is 7.80. The molecule has 0 spiro atoms. The molecule has 0 saturated carbocycles. The Labute approximate surface area is 156 Å². The van der Waals surface area contributed by atoms with Crippen LogP contribution in [-0.2, 0) is 16.1 Å². The van der Waals surface area contributed by atoms with Gasteiger partial charge in [0.1, 0.15) is 5.60 Å². The Bertz CT molecular complexity index is 550. The number of nitrogens with one attached hydrogen (secondary N) is 1. The number of amides is 1. The van der Waals surface area contributed by atoms with Gasteiger partial charge in [-0.15, -0.1) is 24.8 Å². The first kappa shape index (κ1) is 21.0. The highest BCUT2D eigenvalue weighted by Gasteiger charge is 2.42. The molecule has 3 rings (SSSR count). The van der Waals surface area contributed by atoms with Crippen molar-refractivity contribution in [1.82, 2.24) is 10.2 Å². The number of fused-ring (bicyclic) bond motifs is 1. The van der Waals surface area contributed by atoms with Crippen LogP contribution in [0.1, 0.15) is 18.4 Å². The zero-order chi connectivity index (χ0) is 15.6. The quantitative estimate of drug-likeness (QED) is 0.859. The number of hydrogen-bond donors (Lipinski definition) is 1. The minimum atomic E-state index is -0.650. The fourth-order valence-electron chi connectivity index (χ4n) is 3.49. The monoisotopic (exact) mass is 375 g/mol. The van der Waals surface area contributed by atoms with Crippen LogP contribution in [0.4, 0.5) is 5.69 Å². The van der Waals surface area contributed by atoms with Gasteiger partial charge >= 0.3 is 0 Å². The van der Waals surface area contributed by atoms with E-state index in [1.54, 1.807) is 7.11 Å². The first-order valence-corrected chi connectivity index (χ1v) is 8.00. The van der Waals surface area contributed by atoms with Crippen LogP contribution in [0.5, 0.6) is 0 Å². The number of likely N-dealkylation sites (N-methyl/N-ethyl adjacent to an activating group) is 1. The average molecular weight is 376 g/mol. The number of hydrogen-bond acceptors (Lipinski definition) is 4. The van der Waals surface area contributed by atoms with E-state index in [0.29, 0.717) is 6.54 Å². The fourth-order valence-corrected chi connectivity index (χ4v) is 3.49. The zero-order valence-corrected chi connectivity index (χ0v) is 15.9. The number of carbonyl (C=O) groups is 1. The lowest BCUT2D eigenvalue weighted by Crippen LogP contribution is -2.55. The van der Waals surface area contributed by atoms with Crippen molar-refractivity contribution in [3.05, 3.63) is 29.8 Å². The van der Waals surface area contributed by atoms with E-state index in [-0.39, 0.29) is 30.7 Å². The maximum absolute atomic E-state index is 13.1. The van der Waals surface area contributed by atoms with Crippen LogP contribution in [-0.4, -0.2) is 56.7 Å². The molecule has 1 aromatic carbocycles. The standard InChI is InChI=1S/C17H25N3O2.2ClH/c1-19-11-12-20(13-14-5-3-4-6-15(14)19)16(21)17(22-2)7-9-18-10-8-17;;/h3-6,18H,7-13H2,1-2H3;2*1H. The van der Waals surface area contributed by atoms with Gasteiger partial charge in [-0.3, -0.25) is 4.79 Å². The number of piperidine rings is 1. The summed E-state index contributed by atoms with van der Waals surface area (Å²) < 4.78 is 5.70. The summed E-state index contributed by atoms with van der Waals surface area (Å²) in [5.41, 5.74) is 1.77. The normalized spacial score (nSPS) is 19.4. The van der Waals surface area contributed by atoms with Crippen molar-refractivity contribution in [2.45, 2.75) is 25.0 Å². The minimum absolute atomic E-state index is 0. The Balaban J connectivity index is 0.00000144. The number of anilines is 1. The highest BCUT2D eigenvalue weighted by atomic mass is 35.5. The maximum atomic E-state index is 13.1. The number of para-hydroxylation sites is 1. The Morgan fingerprint density at radius 3 is 2.50 bits per heavy atom. The molecule has 2 heterocycles. The van der Waals surface area contributed by atoms with Crippen LogP contribution >= 0.6 is 24.8 Å². The molecule has 1 saturated heterocycles. The van der Waals surface area contributed by atoms with Crippen LogP contribution < -0.4 is 10.2 Å². The molecule has 1 aromatic rings. The average Bonchev–Trinajstić information content (AvgIpc) is 2.74. The van der Waals surface area contributed by atoms with Crippen molar-refractivity contribution < 1.29 is 9.53 Å². The fraction of sp³-hybridized carbons (Fsp3) is 0.588. The van der Waals surface area contributed by atoms with Crippen molar-refractivity contribution >= 4 is 36.4 Å². The Hall–Kier alpha value is -1.01. The number of rotatable bonds is 2. The maximum Gasteiger partial charge on any atom is 0.255 e. The van der Waals surface area contributed by atoms with Gasteiger partial charge in [-0.25, -0.2) is 0 Å². The van der Waals surface area contributed by atoms with Crippen LogP contribution in [0.25, 0.3) is 0 Å². The molecule has 0 aromatic heterocycles. The van der Waals surface area contributed by atoms with E-state index in [9.17, 15) is 4.79 Å². The van der Waals surface area contributed by atoms with Gasteiger partial charge in [0.25, 0.3) is 5.91 Å². The van der Waals surface area contributed by atoms with Gasteiger partial charge in [0, 0.05) is 39.5 Å². The molecule has 7 heteroatoms. The van der Waals surface area contributed by atoms with Crippen LogP contribution in [0.2, 0.25) is 0 Å². The van der Waals surface area contributed by atoms with Crippen LogP contribution in [0.15, 0.2) is 24.3 Å². The summed E-state index contributed by atoms with van der Waals surface area (Å²) in [6.07, 6.45) is 1.49. The second kappa shape index (κ2) is 8.90. The van der Waals surface area contributed by atoms with E-state index in [2.05, 4.69) is 35.5 Å². The lowest BCUT2D eigenvalue weighted by molar-refractivity contribution is -0.158. The highest BCUT2D eigenvalue weighted by Crippen LogP contribution is 2.29. The summed E-state index contributed by atoms with van der Waals surface area (Å²) >= 11 is 0. The van der Waals surface area contributed by atoms with E-state index in [1.165, 1.54) is 11.3 Å². The number of methoxy groups -OCH3 is 1. The molecule has 1 fully saturated rings. The molecule has 136 valence electrons. The first-order chi connectivity index (χ1) is 10.7. The van der Waals surface area contributed by atoms with Crippen molar-refractivity contribution in [2.24, 2.45) is 0 Å². The second-order valence-corrected chi connectivity index (χ2v) is 6.23. The highest BCUT2D eigenvalue weighted by molar-refractivity contribution is 5.86. The predicted molar refractivity (Wildman–Crippen MR) is 101 cm³/mol. The summed E-state index contributed by atoms with van der Waals surface area (Å²) in [5.74, 6) is 0.140. The van der Waals surface area contributed by atoms with Gasteiger partial charge in [0.2, 0.25) is 0 Å². The second-order valence-electron chi connectivity index (χ2n) is 6.23. The molecule has 0 radical (unpaired) electrons. The van der Waals surface area contributed by atoms with Gasteiger partial charge in [-0.1, -0.05) is 18.2 Å². The van der Waals surface area contributed by atoms with Gasteiger partial charge in [-0.05, 0) is 37.6 Å². The summed E-state index contributed by atoms with van der Waals surface area (Å²) in [6.45, 7) is 3.93. The van der Waals surface area contributed by atoms with Gasteiger partial charge in [0.15, 0.2) is 0 Å². The SMILES string of the molecule is COC1(C(=O)N2CCN(C)c3ccccc3C2)CCNCC1.Cl.Cl. The van der Waals surface area contributed by atoms with Crippen molar-refractivity contribution in [2.75, 3.05) is 45.2 Å². The van der Waals surface area contributed by atoms with E-state index >= 15 is 0 Å². The van der Waals surface area contributed by atoms with E-state index in [1.807, 2.05) is 11.0 Å². The Morgan fingerprint density at radius 2 is 1.83 bits per heavy atom. The molecule has 1 amide bonds. The molecule has 0 aliphatic carbocycles. The van der Waals surface area contributed by atoms with E-state index in [4.69, 9.17) is 4.74 Å². The summed E-state index contributed by atoms with van der Waals surface area (Å²) in [4.78, 5) is 17.3. The Morgan fingerprint density at radius 1 is 1.17 bits per heavy atom. The topological polar surface area (TPSA) is 44.8 Å². The van der Waals surface area contributed by atoms with Crippen molar-refractivity contribution in [3.8, 4) is 0 Å². The summed E-state index contributed by atoms with van der Waals surface area (Å²) in [6, 6.07) is 8.33. The van der Waals surface area contributed by atoms with Crippen LogP contribution in [0, 0.1) is 0 Å². The number of nitrogens with zero attached hydrogens (tertiary/aromatic N) is 2. The molecule has 5 nitrogen and oxygen atoms in total. The molecule has 0 unspecified atom stereocenters. The molecule has 1 N–H and O–H groups in total. The molecule has 24 heavy (non-hydrogen) atoms. The number of halogens is 2. The largest absolute Gasteiger partial charge is 0.373 e. The van der Waals surface area contributed by atoms with Crippen LogP contribution in [0.3, 0.4) is 0 Å². The van der Waals surface area contributed by atoms with Crippen molar-refractivity contribution in [3.63, 3.8) is 0 Å². The predicted octanol–water partition coefficient (Wildman–Crippen LogP) is 2.08. The molecule has 0 atom stereocenters. The van der Waals surface area contributed by atoms with Gasteiger partial charge < -0.3 is 19.9 Å². The van der Waals surface area contributed by atoms with Crippen molar-refractivity contribution in [1.29, 1.82) is 0 Å². The molecule has 0 bridgehead atoms. The third-order valence-electron chi connectivity index (χ3n) is 4.95. The summed E-state index contributed by atoms with van der Waals surface area (Å²) in [5, 5.41) is 3.31. The number of carbonyl (C=O) groups excluding carboxylic acids is 1. The minimum Gasteiger partial charge on any atom is -0.373 e. The third kappa shape index (κ3) is 3.97. The smallest absolute Gasteiger partial charge is 0.255 e. The summed E-state index contributed by atoms with van der Waals surface area (Å²) in [7, 11) is 3.75. The van der Waals surface area contributed by atoms with E-state index in [0.717, 1.165) is 39.0 Å². The molecule has 2 aliphatic heterocycles. The molecular formula is C17H27Cl2N3O2. The molecule has 2 aliphatic rings. The lowest BCUT2D eigenvalue weighted by atomic mass is 9.90. The number of benzene rings is 1. The first-order valence-electron chi connectivity index (χ1n) is 8.00. The van der Waals surface area contributed by atoms with E-state index < -0.39 is 5.60 Å². The third-order valence-corrected chi connectivity index (χ3v) is 4.95. The van der Waals surface area contributed by atoms with Gasteiger partial charge in [0.05, 0.1) is 0 Å². The zero-order valence-electron chi connectivity index (χ0n) is 14.3. The number of ether oxygens (including phenoxy) is 1.